The third-order valence-electron chi connectivity index (χ3n) is 6.16. The molecule has 0 radical (unpaired) electrons. The maximum Gasteiger partial charge on any atom is 0.256 e. The highest BCUT2D eigenvalue weighted by molar-refractivity contribution is 6.35. The highest BCUT2D eigenvalue weighted by Gasteiger charge is 2.30. The number of rotatable bonds is 6. The van der Waals surface area contributed by atoms with Crippen LogP contribution in [0.2, 0.25) is 0 Å². The SMILES string of the molecule is CCO.Cc1cc(NC=O)cc2c1NC(=O)/C2=C\c1[nH]c2c(c1C)C(=O)N(CCN(C)C)CCC2. The number of aryl methyl sites for hydroxylation is 2. The van der Waals surface area contributed by atoms with E-state index in [9.17, 15) is 14.4 Å². The number of benzene rings is 1. The maximum absolute atomic E-state index is 13.3. The molecule has 35 heavy (non-hydrogen) atoms. The van der Waals surface area contributed by atoms with Crippen molar-refractivity contribution in [3.8, 4) is 0 Å². The van der Waals surface area contributed by atoms with Crippen molar-refractivity contribution < 1.29 is 19.5 Å². The van der Waals surface area contributed by atoms with Crippen molar-refractivity contribution in [1.82, 2.24) is 14.8 Å². The fourth-order valence-electron chi connectivity index (χ4n) is 4.45. The lowest BCUT2D eigenvalue weighted by Crippen LogP contribution is -2.36. The van der Waals surface area contributed by atoms with E-state index in [1.54, 1.807) is 13.0 Å². The predicted molar refractivity (Wildman–Crippen MR) is 138 cm³/mol. The van der Waals surface area contributed by atoms with Crippen LogP contribution in [-0.2, 0) is 16.0 Å². The van der Waals surface area contributed by atoms with E-state index in [-0.39, 0.29) is 18.4 Å². The normalized spacial score (nSPS) is 15.9. The summed E-state index contributed by atoms with van der Waals surface area (Å²) >= 11 is 0. The molecule has 2 aliphatic rings. The van der Waals surface area contributed by atoms with Crippen molar-refractivity contribution in [1.29, 1.82) is 0 Å². The standard InChI is InChI=1S/C24H29N5O3.C2H6O/c1-14-10-16(25-13-30)11-17-18(23(31)27-22(14)17)12-20-15(2)21-19(26-20)6-5-7-29(24(21)32)9-8-28(3)4;1-2-3/h10-13,26H,5-9H2,1-4H3,(H,25,30)(H,27,31);3H,2H2,1H3/b18-12-;. The van der Waals surface area contributed by atoms with Gasteiger partial charge in [-0.1, -0.05) is 0 Å². The van der Waals surface area contributed by atoms with Gasteiger partial charge in [0.2, 0.25) is 6.41 Å². The zero-order valence-electron chi connectivity index (χ0n) is 21.1. The number of fused-ring (bicyclic) bond motifs is 2. The largest absolute Gasteiger partial charge is 0.397 e. The highest BCUT2D eigenvalue weighted by Crippen LogP contribution is 2.38. The number of nitrogens with zero attached hydrogens (tertiary/aromatic N) is 2. The molecule has 0 fully saturated rings. The van der Waals surface area contributed by atoms with Gasteiger partial charge in [-0.3, -0.25) is 14.4 Å². The Bertz CT molecular complexity index is 1150. The van der Waals surface area contributed by atoms with Gasteiger partial charge in [-0.2, -0.15) is 0 Å². The van der Waals surface area contributed by atoms with Gasteiger partial charge in [-0.15, -0.1) is 0 Å². The first-order valence-corrected chi connectivity index (χ1v) is 11.9. The second-order valence-corrected chi connectivity index (χ2v) is 9.02. The minimum atomic E-state index is -0.200. The first-order valence-electron chi connectivity index (χ1n) is 11.9. The fraction of sp³-hybridized carbons (Fsp3) is 0.423. The van der Waals surface area contributed by atoms with Gasteiger partial charge in [0.05, 0.1) is 16.8 Å². The molecule has 0 saturated heterocycles. The van der Waals surface area contributed by atoms with Crippen LogP contribution in [0.15, 0.2) is 12.1 Å². The molecular weight excluding hydrogens is 446 g/mol. The molecule has 1 aromatic heterocycles. The number of H-pyrrole nitrogens is 1. The van der Waals surface area contributed by atoms with Crippen LogP contribution in [0.3, 0.4) is 0 Å². The molecule has 0 aliphatic carbocycles. The van der Waals surface area contributed by atoms with E-state index < -0.39 is 0 Å². The number of nitrogens with one attached hydrogen (secondary N) is 3. The number of hydrogen-bond acceptors (Lipinski definition) is 5. The topological polar surface area (TPSA) is 118 Å². The molecule has 3 heterocycles. The van der Waals surface area contributed by atoms with E-state index in [2.05, 4.69) is 20.5 Å². The van der Waals surface area contributed by atoms with E-state index >= 15 is 0 Å². The van der Waals surface area contributed by atoms with Crippen LogP contribution < -0.4 is 10.6 Å². The van der Waals surface area contributed by atoms with Gasteiger partial charge in [0.25, 0.3) is 11.8 Å². The van der Waals surface area contributed by atoms with E-state index in [0.29, 0.717) is 24.2 Å². The number of hydrogen-bond donors (Lipinski definition) is 4. The fourth-order valence-corrected chi connectivity index (χ4v) is 4.45. The Balaban J connectivity index is 0.00000108. The number of aliphatic hydroxyl groups excluding tert-OH is 1. The van der Waals surface area contributed by atoms with E-state index in [4.69, 9.17) is 5.11 Å². The Morgan fingerprint density at radius 3 is 2.60 bits per heavy atom. The number of aromatic amines is 1. The number of aliphatic hydroxyl groups is 1. The molecule has 0 unspecified atom stereocenters. The van der Waals surface area contributed by atoms with Crippen LogP contribution in [0.5, 0.6) is 0 Å². The molecule has 1 aromatic carbocycles. The zero-order chi connectivity index (χ0) is 25.7. The summed E-state index contributed by atoms with van der Waals surface area (Å²) in [5.74, 6) is -0.156. The summed E-state index contributed by atoms with van der Waals surface area (Å²) in [6, 6.07) is 3.61. The van der Waals surface area contributed by atoms with Gasteiger partial charge in [0.15, 0.2) is 0 Å². The van der Waals surface area contributed by atoms with Gasteiger partial charge in [-0.25, -0.2) is 0 Å². The maximum atomic E-state index is 13.3. The van der Waals surface area contributed by atoms with E-state index in [1.807, 2.05) is 45.0 Å². The summed E-state index contributed by atoms with van der Waals surface area (Å²) in [7, 11) is 4.00. The molecule has 4 rings (SSSR count). The third-order valence-corrected chi connectivity index (χ3v) is 6.16. The summed E-state index contributed by atoms with van der Waals surface area (Å²) < 4.78 is 0. The van der Waals surface area contributed by atoms with Crippen LogP contribution in [0, 0.1) is 13.8 Å². The van der Waals surface area contributed by atoms with Gasteiger partial charge < -0.3 is 30.5 Å². The zero-order valence-corrected chi connectivity index (χ0v) is 21.1. The lowest BCUT2D eigenvalue weighted by Gasteiger charge is -2.23. The second-order valence-electron chi connectivity index (χ2n) is 9.02. The number of carbonyl (C=O) groups excluding carboxylic acids is 3. The van der Waals surface area contributed by atoms with Gasteiger partial charge in [-0.05, 0) is 77.0 Å². The van der Waals surface area contributed by atoms with Gasteiger partial charge in [0, 0.05) is 48.9 Å². The first-order chi connectivity index (χ1) is 16.7. The lowest BCUT2D eigenvalue weighted by atomic mass is 10.0. The van der Waals surface area contributed by atoms with Crippen LogP contribution in [0.1, 0.15) is 51.8 Å². The highest BCUT2D eigenvalue weighted by atomic mass is 16.2. The molecule has 188 valence electrons. The Morgan fingerprint density at radius 2 is 1.94 bits per heavy atom. The average Bonchev–Trinajstić information content (AvgIpc) is 3.21. The summed E-state index contributed by atoms with van der Waals surface area (Å²) in [5, 5.41) is 13.1. The smallest absolute Gasteiger partial charge is 0.256 e. The van der Waals surface area contributed by atoms with Crippen molar-refractivity contribution in [2.75, 3.05) is 51.0 Å². The van der Waals surface area contributed by atoms with Crippen molar-refractivity contribution >= 4 is 41.2 Å². The second kappa shape index (κ2) is 11.3. The summed E-state index contributed by atoms with van der Waals surface area (Å²) in [5.41, 5.74) is 6.76. The number of aromatic nitrogens is 1. The first kappa shape index (κ1) is 26.2. The summed E-state index contributed by atoms with van der Waals surface area (Å²) in [6.07, 6.45) is 4.12. The molecular formula is C26H35N5O4. The van der Waals surface area contributed by atoms with Crippen LogP contribution >= 0.6 is 0 Å². The molecule has 0 saturated carbocycles. The Hall–Kier alpha value is -3.43. The molecule has 4 N–H and O–H groups in total. The lowest BCUT2D eigenvalue weighted by molar-refractivity contribution is -0.110. The van der Waals surface area contributed by atoms with Crippen molar-refractivity contribution in [2.45, 2.75) is 33.6 Å². The third kappa shape index (κ3) is 5.63. The number of likely N-dealkylation sites (N-methyl/N-ethyl adjacent to an activating group) is 1. The van der Waals surface area contributed by atoms with Crippen molar-refractivity contribution in [3.05, 3.63) is 45.8 Å². The number of amides is 3. The van der Waals surface area contributed by atoms with Crippen molar-refractivity contribution in [2.24, 2.45) is 0 Å². The van der Waals surface area contributed by atoms with E-state index in [0.717, 1.165) is 65.3 Å². The quantitative estimate of drug-likeness (QED) is 0.374. The van der Waals surface area contributed by atoms with Gasteiger partial charge in [0.1, 0.15) is 0 Å². The van der Waals surface area contributed by atoms with Crippen molar-refractivity contribution in [3.63, 3.8) is 0 Å². The average molecular weight is 482 g/mol. The van der Waals surface area contributed by atoms with Gasteiger partial charge >= 0.3 is 0 Å². The molecule has 9 heteroatoms. The molecule has 0 atom stereocenters. The molecule has 2 aromatic rings. The summed E-state index contributed by atoms with van der Waals surface area (Å²) in [6.45, 7) is 8.00. The molecule has 0 bridgehead atoms. The van der Waals surface area contributed by atoms with Crippen LogP contribution in [0.4, 0.5) is 11.4 Å². The summed E-state index contributed by atoms with van der Waals surface area (Å²) in [4.78, 5) is 44.4. The minimum absolute atomic E-state index is 0.0438. The Kier molecular flexibility index (Phi) is 8.48. The molecule has 0 spiro atoms. The van der Waals surface area contributed by atoms with Crippen LogP contribution in [0.25, 0.3) is 11.6 Å². The molecule has 2 aliphatic heterocycles. The number of anilines is 2. The van der Waals surface area contributed by atoms with E-state index in [1.165, 1.54) is 0 Å². The number of carbonyl (C=O) groups is 3. The minimum Gasteiger partial charge on any atom is -0.397 e. The van der Waals surface area contributed by atoms with Crippen LogP contribution in [-0.4, -0.2) is 78.5 Å². The molecule has 3 amide bonds. The predicted octanol–water partition coefficient (Wildman–Crippen LogP) is 2.64. The Morgan fingerprint density at radius 1 is 1.23 bits per heavy atom. The molecule has 9 nitrogen and oxygen atoms in total. The Labute approximate surface area is 206 Å². The monoisotopic (exact) mass is 481 g/mol.